The molecule has 7 heteroatoms. The summed E-state index contributed by atoms with van der Waals surface area (Å²) < 4.78 is 41.0. The highest BCUT2D eigenvalue weighted by Crippen LogP contribution is 2.37. The number of hydrogen-bond acceptors (Lipinski definition) is 3. The van der Waals surface area contributed by atoms with Gasteiger partial charge in [0.25, 0.3) is 0 Å². The van der Waals surface area contributed by atoms with Crippen molar-refractivity contribution in [2.45, 2.75) is 33.1 Å². The van der Waals surface area contributed by atoms with Gasteiger partial charge in [-0.3, -0.25) is 4.90 Å². The average Bonchev–Trinajstić information content (AvgIpc) is 3.05. The first-order valence-corrected chi connectivity index (χ1v) is 10.8. The van der Waals surface area contributed by atoms with Gasteiger partial charge in [0.2, 0.25) is 0 Å². The number of hydrogen-bond donors (Lipinski definition) is 1. The molecule has 2 heterocycles. The molecule has 0 saturated carbocycles. The first kappa shape index (κ1) is 22.3. The number of nitrogens with zero attached hydrogens (tertiary/aromatic N) is 3. The molecule has 1 aromatic heterocycles. The molecule has 3 aromatic rings. The van der Waals surface area contributed by atoms with Gasteiger partial charge < -0.3 is 14.8 Å². The van der Waals surface area contributed by atoms with E-state index in [0.29, 0.717) is 12.5 Å². The molecule has 0 unspecified atom stereocenters. The molecule has 0 amide bonds. The molecule has 170 valence electrons. The Bertz CT molecular complexity index is 1040. The first-order chi connectivity index (χ1) is 15.2. The number of para-hydroxylation sites is 1. The summed E-state index contributed by atoms with van der Waals surface area (Å²) in [5.74, 6) is 1.49. The minimum absolute atomic E-state index is 0.486. The minimum Gasteiger partial charge on any atom is -0.357 e. The number of rotatable bonds is 6. The number of halogens is 3. The van der Waals surface area contributed by atoms with E-state index in [9.17, 15) is 13.2 Å². The standard InChI is InChI=1S/C25H29F3N4/c1-18(2)13-32-17-30(3)15-22-23(32)16-31(24(22)29-21-7-5-4-6-8-21)14-19-9-11-20(12-10-19)25(26,27)28/h4-12,16,18,29H,13-15,17H2,1-3H3. The van der Waals surface area contributed by atoms with Gasteiger partial charge in [0, 0.05) is 37.1 Å². The topological polar surface area (TPSA) is 23.4 Å². The molecular weight excluding hydrogens is 413 g/mol. The predicted octanol–water partition coefficient (Wildman–Crippen LogP) is 6.16. The summed E-state index contributed by atoms with van der Waals surface area (Å²) in [6, 6.07) is 15.4. The van der Waals surface area contributed by atoms with Crippen molar-refractivity contribution in [2.75, 3.05) is 30.5 Å². The Morgan fingerprint density at radius 1 is 1.00 bits per heavy atom. The molecule has 2 aromatic carbocycles. The van der Waals surface area contributed by atoms with Crippen molar-refractivity contribution in [2.24, 2.45) is 5.92 Å². The van der Waals surface area contributed by atoms with Crippen molar-refractivity contribution in [1.82, 2.24) is 9.47 Å². The van der Waals surface area contributed by atoms with Crippen molar-refractivity contribution < 1.29 is 13.2 Å². The quantitative estimate of drug-likeness (QED) is 0.494. The van der Waals surface area contributed by atoms with Crippen LogP contribution in [0.1, 0.15) is 30.5 Å². The van der Waals surface area contributed by atoms with Crippen LogP contribution in [0.3, 0.4) is 0 Å². The molecule has 1 aliphatic rings. The van der Waals surface area contributed by atoms with E-state index >= 15 is 0 Å². The number of alkyl halides is 3. The van der Waals surface area contributed by atoms with E-state index in [0.717, 1.165) is 49.0 Å². The second-order valence-corrected chi connectivity index (χ2v) is 8.93. The van der Waals surface area contributed by atoms with Crippen LogP contribution in [-0.2, 0) is 19.3 Å². The van der Waals surface area contributed by atoms with E-state index in [1.807, 2.05) is 30.3 Å². The molecular formula is C25H29F3N4. The Morgan fingerprint density at radius 3 is 2.31 bits per heavy atom. The molecule has 1 aliphatic heterocycles. The third-order valence-corrected chi connectivity index (χ3v) is 5.60. The van der Waals surface area contributed by atoms with Crippen LogP contribution in [0, 0.1) is 5.92 Å². The van der Waals surface area contributed by atoms with Gasteiger partial charge in [-0.05, 0) is 42.8 Å². The highest BCUT2D eigenvalue weighted by molar-refractivity contribution is 5.71. The second kappa shape index (κ2) is 8.90. The third-order valence-electron chi connectivity index (χ3n) is 5.60. The van der Waals surface area contributed by atoms with Gasteiger partial charge in [-0.2, -0.15) is 13.2 Å². The molecule has 1 N–H and O–H groups in total. The largest absolute Gasteiger partial charge is 0.416 e. The molecule has 0 radical (unpaired) electrons. The predicted molar refractivity (Wildman–Crippen MR) is 123 cm³/mol. The molecule has 0 saturated heterocycles. The zero-order valence-electron chi connectivity index (χ0n) is 18.7. The van der Waals surface area contributed by atoms with Crippen LogP contribution < -0.4 is 10.2 Å². The van der Waals surface area contributed by atoms with Gasteiger partial charge >= 0.3 is 6.18 Å². The fourth-order valence-corrected chi connectivity index (χ4v) is 4.22. The van der Waals surface area contributed by atoms with Crippen LogP contribution in [0.4, 0.5) is 30.4 Å². The Labute approximate surface area is 187 Å². The number of fused-ring (bicyclic) bond motifs is 1. The highest BCUT2D eigenvalue weighted by atomic mass is 19.4. The van der Waals surface area contributed by atoms with Crippen molar-refractivity contribution in [1.29, 1.82) is 0 Å². The normalized spacial score (nSPS) is 14.7. The Kier molecular flexibility index (Phi) is 6.20. The molecule has 4 rings (SSSR count). The van der Waals surface area contributed by atoms with Gasteiger partial charge in [0.05, 0.1) is 17.9 Å². The molecule has 0 fully saturated rings. The van der Waals surface area contributed by atoms with Crippen molar-refractivity contribution in [3.05, 3.63) is 77.5 Å². The summed E-state index contributed by atoms with van der Waals surface area (Å²) in [6.45, 7) is 7.48. The maximum absolute atomic E-state index is 13.0. The third kappa shape index (κ3) is 4.93. The maximum Gasteiger partial charge on any atom is 0.416 e. The van der Waals surface area contributed by atoms with E-state index in [2.05, 4.69) is 46.8 Å². The zero-order chi connectivity index (χ0) is 22.9. The fraction of sp³-hybridized carbons (Fsp3) is 0.360. The lowest BCUT2D eigenvalue weighted by molar-refractivity contribution is -0.137. The number of aromatic nitrogens is 1. The summed E-state index contributed by atoms with van der Waals surface area (Å²) >= 11 is 0. The monoisotopic (exact) mass is 442 g/mol. The summed E-state index contributed by atoms with van der Waals surface area (Å²) in [6.07, 6.45) is -2.19. The lowest BCUT2D eigenvalue weighted by atomic mass is 10.1. The lowest BCUT2D eigenvalue weighted by Crippen LogP contribution is -2.41. The lowest BCUT2D eigenvalue weighted by Gasteiger charge is -2.36. The average molecular weight is 443 g/mol. The summed E-state index contributed by atoms with van der Waals surface area (Å²) in [5, 5.41) is 3.56. The molecule has 0 spiro atoms. The summed E-state index contributed by atoms with van der Waals surface area (Å²) in [5.41, 5.74) is 3.56. The van der Waals surface area contributed by atoms with Crippen LogP contribution in [0.25, 0.3) is 0 Å². The number of benzene rings is 2. The van der Waals surface area contributed by atoms with Gasteiger partial charge in [0.15, 0.2) is 0 Å². The van der Waals surface area contributed by atoms with Crippen LogP contribution in [-0.4, -0.2) is 29.7 Å². The summed E-state index contributed by atoms with van der Waals surface area (Å²) in [7, 11) is 2.11. The number of nitrogens with one attached hydrogen (secondary N) is 1. The Morgan fingerprint density at radius 2 is 1.69 bits per heavy atom. The Balaban J connectivity index is 1.72. The van der Waals surface area contributed by atoms with E-state index in [4.69, 9.17) is 0 Å². The van der Waals surface area contributed by atoms with Crippen molar-refractivity contribution in [3.63, 3.8) is 0 Å². The van der Waals surface area contributed by atoms with Crippen LogP contribution in [0.2, 0.25) is 0 Å². The SMILES string of the molecule is CC(C)CN1CN(C)Cc2c1cn(Cc1ccc(C(F)(F)F)cc1)c2Nc1ccccc1. The number of anilines is 3. The maximum atomic E-state index is 13.0. The summed E-state index contributed by atoms with van der Waals surface area (Å²) in [4.78, 5) is 4.66. The molecule has 32 heavy (non-hydrogen) atoms. The highest BCUT2D eigenvalue weighted by Gasteiger charge is 2.30. The first-order valence-electron chi connectivity index (χ1n) is 10.8. The van der Waals surface area contributed by atoms with Gasteiger partial charge in [0.1, 0.15) is 5.82 Å². The van der Waals surface area contributed by atoms with Crippen LogP contribution in [0.15, 0.2) is 60.8 Å². The van der Waals surface area contributed by atoms with Crippen LogP contribution in [0.5, 0.6) is 0 Å². The smallest absolute Gasteiger partial charge is 0.357 e. The second-order valence-electron chi connectivity index (χ2n) is 8.93. The van der Waals surface area contributed by atoms with Crippen molar-refractivity contribution >= 4 is 17.2 Å². The van der Waals surface area contributed by atoms with Gasteiger partial charge in [-0.1, -0.05) is 44.2 Å². The minimum atomic E-state index is -4.33. The molecule has 0 atom stereocenters. The van der Waals surface area contributed by atoms with E-state index in [-0.39, 0.29) is 0 Å². The molecule has 0 bridgehead atoms. The van der Waals surface area contributed by atoms with Crippen LogP contribution >= 0.6 is 0 Å². The molecule has 4 nitrogen and oxygen atoms in total. The Hall–Kier alpha value is -2.93. The van der Waals surface area contributed by atoms with E-state index < -0.39 is 11.7 Å². The molecule has 0 aliphatic carbocycles. The van der Waals surface area contributed by atoms with E-state index in [1.165, 1.54) is 11.3 Å². The van der Waals surface area contributed by atoms with Crippen molar-refractivity contribution in [3.8, 4) is 0 Å². The fourth-order valence-electron chi connectivity index (χ4n) is 4.22. The van der Waals surface area contributed by atoms with Gasteiger partial charge in [-0.25, -0.2) is 0 Å². The van der Waals surface area contributed by atoms with E-state index in [1.54, 1.807) is 12.1 Å². The van der Waals surface area contributed by atoms with Gasteiger partial charge in [-0.15, -0.1) is 0 Å². The zero-order valence-corrected chi connectivity index (χ0v) is 18.7.